The van der Waals surface area contributed by atoms with E-state index in [1.165, 1.54) is 10.6 Å². The molecule has 8 nitrogen and oxygen atoms in total. The van der Waals surface area contributed by atoms with Crippen LogP contribution in [0.15, 0.2) is 12.1 Å². The van der Waals surface area contributed by atoms with Gasteiger partial charge in [0.05, 0.1) is 6.54 Å². The monoisotopic (exact) mass is 322 g/mol. The molecule has 1 aliphatic rings. The number of halogens is 2. The maximum Gasteiger partial charge on any atom is 0.586 e. The fraction of sp³-hybridized carbons (Fsp3) is 0.308. The highest BCUT2D eigenvalue weighted by atomic mass is 19.3. The summed E-state index contributed by atoms with van der Waals surface area (Å²) in [5.74, 6) is 0.321. The molecule has 0 saturated carbocycles. The fourth-order valence-electron chi connectivity index (χ4n) is 2.49. The highest BCUT2D eigenvalue weighted by Gasteiger charge is 2.44. The molecule has 0 fully saturated rings. The Morgan fingerprint density at radius 1 is 1.26 bits per heavy atom. The van der Waals surface area contributed by atoms with Gasteiger partial charge in [-0.25, -0.2) is 9.97 Å². The first kappa shape index (κ1) is 13.9. The Hall–Kier alpha value is -2.75. The number of aromatic nitrogens is 4. The van der Waals surface area contributed by atoms with Gasteiger partial charge in [-0.3, -0.25) is 0 Å². The molecular weight excluding hydrogens is 310 g/mol. The largest absolute Gasteiger partial charge is 0.586 e. The van der Waals surface area contributed by atoms with E-state index >= 15 is 0 Å². The number of nitrogens with two attached hydrogens (primary N) is 1. The molecule has 0 radical (unpaired) electrons. The maximum atomic E-state index is 13.3. The van der Waals surface area contributed by atoms with Gasteiger partial charge in [0, 0.05) is 5.39 Å². The van der Waals surface area contributed by atoms with Crippen LogP contribution in [0.5, 0.6) is 11.5 Å². The standard InChI is InChI=1S/C13H12F2N6O2/c1-20(2)5-8-17-11-6-3-4-7-10(23-13(14,15)22-7)9(6)18-12(16)21(11)19-8/h3-4H,5H2,1-2H3,(H2,16,18). The smallest absolute Gasteiger partial charge is 0.395 e. The third-order valence-corrected chi connectivity index (χ3v) is 3.34. The van der Waals surface area contributed by atoms with Crippen molar-refractivity contribution in [2.75, 3.05) is 19.8 Å². The average Bonchev–Trinajstić information content (AvgIpc) is 2.98. The Labute approximate surface area is 128 Å². The number of rotatable bonds is 2. The lowest BCUT2D eigenvalue weighted by atomic mass is 10.2. The summed E-state index contributed by atoms with van der Waals surface area (Å²) in [5.41, 5.74) is 6.46. The van der Waals surface area contributed by atoms with E-state index in [1.807, 2.05) is 19.0 Å². The predicted octanol–water partition coefficient (Wildman–Crippen LogP) is 1.24. The summed E-state index contributed by atoms with van der Waals surface area (Å²) in [6, 6.07) is 2.96. The molecule has 0 aliphatic carbocycles. The third kappa shape index (κ3) is 2.10. The Morgan fingerprint density at radius 2 is 2.04 bits per heavy atom. The molecule has 10 heteroatoms. The van der Waals surface area contributed by atoms with Gasteiger partial charge < -0.3 is 20.1 Å². The van der Waals surface area contributed by atoms with Crippen LogP contribution in [0.25, 0.3) is 16.6 Å². The van der Waals surface area contributed by atoms with Crippen molar-refractivity contribution in [3.8, 4) is 11.5 Å². The lowest BCUT2D eigenvalue weighted by Gasteiger charge is -2.05. The average molecular weight is 322 g/mol. The van der Waals surface area contributed by atoms with Crippen LogP contribution in [0.4, 0.5) is 14.7 Å². The van der Waals surface area contributed by atoms with Crippen LogP contribution in [0.2, 0.25) is 0 Å². The summed E-state index contributed by atoms with van der Waals surface area (Å²) >= 11 is 0. The molecule has 2 N–H and O–H groups in total. The molecule has 0 saturated heterocycles. The summed E-state index contributed by atoms with van der Waals surface area (Å²) in [7, 11) is 3.76. The summed E-state index contributed by atoms with van der Waals surface area (Å²) in [4.78, 5) is 10.4. The van der Waals surface area contributed by atoms with Crippen LogP contribution in [-0.4, -0.2) is 44.9 Å². The molecule has 0 atom stereocenters. The molecule has 2 aromatic heterocycles. The first-order valence-corrected chi connectivity index (χ1v) is 6.72. The van der Waals surface area contributed by atoms with Gasteiger partial charge in [-0.15, -0.1) is 13.9 Å². The molecule has 3 heterocycles. The van der Waals surface area contributed by atoms with Gasteiger partial charge >= 0.3 is 6.29 Å². The van der Waals surface area contributed by atoms with Crippen LogP contribution in [0, 0.1) is 0 Å². The number of anilines is 1. The number of hydrogen-bond acceptors (Lipinski definition) is 7. The van der Waals surface area contributed by atoms with E-state index in [4.69, 9.17) is 5.73 Å². The molecule has 23 heavy (non-hydrogen) atoms. The zero-order chi connectivity index (χ0) is 16.4. The van der Waals surface area contributed by atoms with Crippen LogP contribution in [-0.2, 0) is 6.54 Å². The van der Waals surface area contributed by atoms with Gasteiger partial charge in [-0.2, -0.15) is 4.52 Å². The predicted molar refractivity (Wildman–Crippen MR) is 76.3 cm³/mol. The molecule has 0 bridgehead atoms. The van der Waals surface area contributed by atoms with Crippen molar-refractivity contribution < 1.29 is 18.3 Å². The summed E-state index contributed by atoms with van der Waals surface area (Å²) in [6.45, 7) is 0.505. The van der Waals surface area contributed by atoms with Crippen molar-refractivity contribution in [3.05, 3.63) is 18.0 Å². The number of benzene rings is 1. The minimum Gasteiger partial charge on any atom is -0.395 e. The normalized spacial score (nSPS) is 15.9. The van der Waals surface area contributed by atoms with Crippen LogP contribution in [0.3, 0.4) is 0 Å². The second kappa shape index (κ2) is 4.38. The third-order valence-electron chi connectivity index (χ3n) is 3.34. The van der Waals surface area contributed by atoms with Crippen molar-refractivity contribution in [2.24, 2.45) is 0 Å². The SMILES string of the molecule is CN(C)Cc1nc2c3ccc4c(c3nc(N)n2n1)OC(F)(F)O4. The number of hydrogen-bond donors (Lipinski definition) is 1. The lowest BCUT2D eigenvalue weighted by Crippen LogP contribution is -2.26. The Morgan fingerprint density at radius 3 is 2.78 bits per heavy atom. The van der Waals surface area contributed by atoms with Crippen LogP contribution >= 0.6 is 0 Å². The first-order chi connectivity index (χ1) is 10.8. The summed E-state index contributed by atoms with van der Waals surface area (Å²) in [6.07, 6.45) is -3.72. The minimum absolute atomic E-state index is 0.0252. The van der Waals surface area contributed by atoms with Crippen molar-refractivity contribution >= 4 is 22.5 Å². The molecule has 1 aromatic carbocycles. The van der Waals surface area contributed by atoms with E-state index in [0.717, 1.165) is 0 Å². The van der Waals surface area contributed by atoms with E-state index in [-0.39, 0.29) is 23.0 Å². The first-order valence-electron chi connectivity index (χ1n) is 6.72. The molecule has 0 spiro atoms. The minimum atomic E-state index is -3.72. The molecule has 3 aromatic rings. The van der Waals surface area contributed by atoms with Crippen molar-refractivity contribution in [1.29, 1.82) is 0 Å². The van der Waals surface area contributed by atoms with E-state index < -0.39 is 6.29 Å². The summed E-state index contributed by atoms with van der Waals surface area (Å²) < 4.78 is 36.9. The second-order valence-electron chi connectivity index (χ2n) is 5.43. The maximum absolute atomic E-state index is 13.3. The zero-order valence-corrected chi connectivity index (χ0v) is 12.2. The van der Waals surface area contributed by atoms with E-state index in [1.54, 1.807) is 6.07 Å². The van der Waals surface area contributed by atoms with Crippen molar-refractivity contribution in [1.82, 2.24) is 24.5 Å². The van der Waals surface area contributed by atoms with Crippen molar-refractivity contribution in [3.63, 3.8) is 0 Å². The fourth-order valence-corrected chi connectivity index (χ4v) is 2.49. The molecule has 120 valence electrons. The summed E-state index contributed by atoms with van der Waals surface area (Å²) in [5, 5.41) is 4.78. The number of nitrogen functional groups attached to an aromatic ring is 1. The van der Waals surface area contributed by atoms with Crippen molar-refractivity contribution in [2.45, 2.75) is 12.8 Å². The highest BCUT2D eigenvalue weighted by Crippen LogP contribution is 2.45. The van der Waals surface area contributed by atoms with Gasteiger partial charge in [0.1, 0.15) is 5.52 Å². The molecule has 4 rings (SSSR count). The molecule has 0 unspecified atom stereocenters. The highest BCUT2D eigenvalue weighted by molar-refractivity contribution is 5.97. The molecular formula is C13H12F2N6O2. The topological polar surface area (TPSA) is 90.8 Å². The second-order valence-corrected chi connectivity index (χ2v) is 5.43. The van der Waals surface area contributed by atoms with Gasteiger partial charge in [0.25, 0.3) is 0 Å². The Bertz CT molecular complexity index is 939. The van der Waals surface area contributed by atoms with Crippen LogP contribution < -0.4 is 15.2 Å². The van der Waals surface area contributed by atoms with E-state index in [0.29, 0.717) is 23.4 Å². The van der Waals surface area contributed by atoms with Gasteiger partial charge in [-0.1, -0.05) is 0 Å². The Kier molecular flexibility index (Phi) is 2.64. The lowest BCUT2D eigenvalue weighted by molar-refractivity contribution is -0.286. The number of nitrogens with zero attached hydrogens (tertiary/aromatic N) is 5. The van der Waals surface area contributed by atoms with E-state index in [9.17, 15) is 8.78 Å². The zero-order valence-electron chi connectivity index (χ0n) is 12.2. The number of ether oxygens (including phenoxy) is 2. The van der Waals surface area contributed by atoms with Gasteiger partial charge in [0.2, 0.25) is 5.95 Å². The number of fused-ring (bicyclic) bond motifs is 5. The molecule has 0 amide bonds. The number of alkyl halides is 2. The van der Waals surface area contributed by atoms with Gasteiger partial charge in [0.15, 0.2) is 23.0 Å². The Balaban J connectivity index is 1.98. The van der Waals surface area contributed by atoms with E-state index in [2.05, 4.69) is 24.5 Å². The van der Waals surface area contributed by atoms with Gasteiger partial charge in [-0.05, 0) is 26.2 Å². The quantitative estimate of drug-likeness (QED) is 0.759. The van der Waals surface area contributed by atoms with Crippen LogP contribution in [0.1, 0.15) is 5.82 Å². The molecule has 1 aliphatic heterocycles.